The van der Waals surface area contributed by atoms with E-state index in [0.29, 0.717) is 41.1 Å². The Morgan fingerprint density at radius 3 is 2.04 bits per heavy atom. The summed E-state index contributed by atoms with van der Waals surface area (Å²) in [6.07, 6.45) is 1.10. The molecule has 0 radical (unpaired) electrons. The lowest BCUT2D eigenvalue weighted by atomic mass is 9.78. The smallest absolute Gasteiger partial charge is 0.232 e. The molecule has 0 N–H and O–H groups in total. The number of hydrogen-bond acceptors (Lipinski definition) is 6. The van der Waals surface area contributed by atoms with Gasteiger partial charge in [0.1, 0.15) is 0 Å². The van der Waals surface area contributed by atoms with Crippen LogP contribution in [-0.2, 0) is 25.5 Å². The molecule has 0 bridgehead atoms. The van der Waals surface area contributed by atoms with Crippen LogP contribution < -0.4 is 9.47 Å². The lowest BCUT2D eigenvalue weighted by molar-refractivity contribution is -0.120. The molecule has 2 aliphatic rings. The molecule has 0 unspecified atom stereocenters. The highest BCUT2D eigenvalue weighted by molar-refractivity contribution is 6.39. The number of ether oxygens (including phenoxy) is 4. The van der Waals surface area contributed by atoms with Crippen molar-refractivity contribution < 1.29 is 28.5 Å². The number of allylic oxidation sites excluding steroid dienone is 2. The number of benzene rings is 1. The topological polar surface area (TPSA) is 71.1 Å². The average molecular weight is 330 g/mol. The lowest BCUT2D eigenvalue weighted by Crippen LogP contribution is -2.28. The zero-order valence-electron chi connectivity index (χ0n) is 14.0. The fraction of sp³-hybridized carbons (Fsp3) is 0.333. The van der Waals surface area contributed by atoms with Gasteiger partial charge in [-0.3, -0.25) is 9.59 Å². The van der Waals surface area contributed by atoms with Crippen LogP contribution in [0.25, 0.3) is 5.57 Å². The van der Waals surface area contributed by atoms with E-state index in [1.165, 1.54) is 28.4 Å². The summed E-state index contributed by atoms with van der Waals surface area (Å²) < 4.78 is 21.1. The summed E-state index contributed by atoms with van der Waals surface area (Å²) >= 11 is 0. The molecule has 0 saturated heterocycles. The van der Waals surface area contributed by atoms with E-state index in [0.717, 1.165) is 5.56 Å². The minimum atomic E-state index is -0.378. The first-order chi connectivity index (χ1) is 11.6. The molecule has 0 spiro atoms. The second-order valence-electron chi connectivity index (χ2n) is 5.41. The average Bonchev–Trinajstić information content (AvgIpc) is 2.62. The number of rotatable bonds is 4. The molecule has 3 rings (SSSR count). The first-order valence-corrected chi connectivity index (χ1v) is 7.48. The molecule has 0 aromatic heterocycles. The normalized spacial score (nSPS) is 16.7. The molecule has 24 heavy (non-hydrogen) atoms. The summed E-state index contributed by atoms with van der Waals surface area (Å²) in [7, 11) is 5.73. The molecule has 1 aromatic rings. The summed E-state index contributed by atoms with van der Waals surface area (Å²) in [6, 6.07) is 3.69. The Balaban J connectivity index is 2.29. The van der Waals surface area contributed by atoms with E-state index in [1.54, 1.807) is 6.07 Å². The number of methoxy groups -OCH3 is 4. The molecular weight excluding hydrogens is 312 g/mol. The maximum atomic E-state index is 13.0. The quantitative estimate of drug-likeness (QED) is 0.787. The van der Waals surface area contributed by atoms with Crippen molar-refractivity contribution in [2.75, 3.05) is 28.4 Å². The third kappa shape index (κ3) is 2.10. The predicted octanol–water partition coefficient (Wildman–Crippen LogP) is 2.06. The van der Waals surface area contributed by atoms with E-state index in [2.05, 4.69) is 0 Å². The standard InChI is InChI=1S/C18H18O6/c1-21-11-8-6-9-5-7-10-13(12(9)16(11)22-2)15(20)18(24-4)17(23-3)14(10)19/h6,8H,5,7H2,1-4H3. The highest BCUT2D eigenvalue weighted by Gasteiger charge is 2.41. The number of fused-ring (bicyclic) bond motifs is 2. The van der Waals surface area contributed by atoms with Crippen LogP contribution in [0.15, 0.2) is 29.2 Å². The van der Waals surface area contributed by atoms with Gasteiger partial charge < -0.3 is 18.9 Å². The first-order valence-electron chi connectivity index (χ1n) is 7.48. The summed E-state index contributed by atoms with van der Waals surface area (Å²) in [5, 5.41) is 0. The Morgan fingerprint density at radius 2 is 1.46 bits per heavy atom. The third-order valence-electron chi connectivity index (χ3n) is 4.36. The Hall–Kier alpha value is -2.76. The highest BCUT2D eigenvalue weighted by Crippen LogP contribution is 2.46. The number of Topliss-reactive ketones (excluding diaryl/α,β-unsaturated/α-hetero) is 2. The Labute approximate surface area is 139 Å². The van der Waals surface area contributed by atoms with Crippen LogP contribution in [0.4, 0.5) is 0 Å². The number of ketones is 2. The van der Waals surface area contributed by atoms with Crippen molar-refractivity contribution in [3.05, 3.63) is 40.4 Å². The number of hydrogen-bond donors (Lipinski definition) is 0. The van der Waals surface area contributed by atoms with Crippen LogP contribution in [-0.4, -0.2) is 40.0 Å². The Kier molecular flexibility index (Phi) is 4.05. The van der Waals surface area contributed by atoms with E-state index in [9.17, 15) is 9.59 Å². The first kappa shape index (κ1) is 16.1. The Morgan fingerprint density at radius 1 is 0.792 bits per heavy atom. The summed E-state index contributed by atoms with van der Waals surface area (Å²) in [4.78, 5) is 25.7. The number of carbonyl (C=O) groups is 2. The van der Waals surface area contributed by atoms with Gasteiger partial charge in [-0.25, -0.2) is 0 Å². The van der Waals surface area contributed by atoms with Gasteiger partial charge in [0, 0.05) is 16.7 Å². The maximum Gasteiger partial charge on any atom is 0.232 e. The van der Waals surface area contributed by atoms with Gasteiger partial charge in [0.05, 0.1) is 28.4 Å². The van der Waals surface area contributed by atoms with Gasteiger partial charge in [-0.1, -0.05) is 6.07 Å². The third-order valence-corrected chi connectivity index (χ3v) is 4.36. The molecule has 0 aliphatic heterocycles. The van der Waals surface area contributed by atoms with Crippen molar-refractivity contribution in [3.8, 4) is 11.5 Å². The van der Waals surface area contributed by atoms with Crippen LogP contribution >= 0.6 is 0 Å². The molecule has 0 heterocycles. The van der Waals surface area contributed by atoms with E-state index in [-0.39, 0.29) is 23.1 Å². The van der Waals surface area contributed by atoms with Crippen LogP contribution in [0.2, 0.25) is 0 Å². The molecule has 0 atom stereocenters. The van der Waals surface area contributed by atoms with Crippen LogP contribution in [0.5, 0.6) is 11.5 Å². The van der Waals surface area contributed by atoms with Crippen molar-refractivity contribution in [1.82, 2.24) is 0 Å². The SMILES string of the molecule is COC1=C(OC)C(=O)C2=C(CCc3ccc(OC)c(OC)c32)C1=O. The molecule has 126 valence electrons. The van der Waals surface area contributed by atoms with Crippen molar-refractivity contribution in [2.45, 2.75) is 12.8 Å². The minimum absolute atomic E-state index is 0.0495. The molecule has 6 nitrogen and oxygen atoms in total. The van der Waals surface area contributed by atoms with Crippen molar-refractivity contribution in [1.29, 1.82) is 0 Å². The van der Waals surface area contributed by atoms with E-state index >= 15 is 0 Å². The monoisotopic (exact) mass is 330 g/mol. The van der Waals surface area contributed by atoms with E-state index < -0.39 is 0 Å². The predicted molar refractivity (Wildman–Crippen MR) is 85.8 cm³/mol. The van der Waals surface area contributed by atoms with Gasteiger partial charge in [0.15, 0.2) is 11.5 Å². The van der Waals surface area contributed by atoms with Crippen LogP contribution in [0.1, 0.15) is 17.5 Å². The number of carbonyl (C=O) groups excluding carboxylic acids is 2. The van der Waals surface area contributed by atoms with Gasteiger partial charge >= 0.3 is 0 Å². The molecule has 0 amide bonds. The molecule has 0 fully saturated rings. The molecular formula is C18H18O6. The zero-order chi connectivity index (χ0) is 17.4. The van der Waals surface area contributed by atoms with Gasteiger partial charge in [-0.2, -0.15) is 0 Å². The summed E-state index contributed by atoms with van der Waals surface area (Å²) in [6.45, 7) is 0. The van der Waals surface area contributed by atoms with Gasteiger partial charge in [-0.15, -0.1) is 0 Å². The van der Waals surface area contributed by atoms with Crippen LogP contribution in [0.3, 0.4) is 0 Å². The van der Waals surface area contributed by atoms with Crippen molar-refractivity contribution >= 4 is 17.1 Å². The van der Waals surface area contributed by atoms with Crippen molar-refractivity contribution in [3.63, 3.8) is 0 Å². The van der Waals surface area contributed by atoms with Crippen molar-refractivity contribution in [2.24, 2.45) is 0 Å². The second-order valence-corrected chi connectivity index (χ2v) is 5.41. The van der Waals surface area contributed by atoms with Crippen LogP contribution in [0, 0.1) is 0 Å². The fourth-order valence-corrected chi connectivity index (χ4v) is 3.29. The fourth-order valence-electron chi connectivity index (χ4n) is 3.29. The summed E-state index contributed by atoms with van der Waals surface area (Å²) in [5.74, 6) is 0.117. The maximum absolute atomic E-state index is 13.0. The minimum Gasteiger partial charge on any atom is -0.493 e. The number of aryl methyl sites for hydroxylation is 1. The zero-order valence-corrected chi connectivity index (χ0v) is 14.0. The van der Waals surface area contributed by atoms with E-state index in [4.69, 9.17) is 18.9 Å². The molecule has 0 saturated carbocycles. The van der Waals surface area contributed by atoms with Gasteiger partial charge in [0.25, 0.3) is 0 Å². The highest BCUT2D eigenvalue weighted by atomic mass is 16.5. The molecule has 2 aliphatic carbocycles. The van der Waals surface area contributed by atoms with E-state index in [1.807, 2.05) is 6.07 Å². The second kappa shape index (κ2) is 6.03. The summed E-state index contributed by atoms with van der Waals surface area (Å²) in [5.41, 5.74) is 2.27. The van der Waals surface area contributed by atoms with Gasteiger partial charge in [-0.05, 0) is 24.5 Å². The lowest BCUT2D eigenvalue weighted by Gasteiger charge is -2.28. The molecule has 1 aromatic carbocycles. The largest absolute Gasteiger partial charge is 0.493 e. The Bertz CT molecular complexity index is 800. The molecule has 6 heteroatoms. The van der Waals surface area contributed by atoms with Gasteiger partial charge in [0.2, 0.25) is 23.1 Å².